The van der Waals surface area contributed by atoms with Gasteiger partial charge in [0, 0.05) is 13.7 Å². The predicted molar refractivity (Wildman–Crippen MR) is 58.0 cm³/mol. The second-order valence-electron chi connectivity index (χ2n) is 4.76. The summed E-state index contributed by atoms with van der Waals surface area (Å²) in [4.78, 5) is 0. The standard InChI is InChI=1S/C11H25NO/c1-11(2,3)10(9-12-4)7-6-8-13-5/h10,12H,6-9H2,1-5H3. The van der Waals surface area contributed by atoms with Crippen LogP contribution in [0.25, 0.3) is 0 Å². The largest absolute Gasteiger partial charge is 0.385 e. The molecule has 1 N–H and O–H groups in total. The zero-order chi connectivity index (χ0) is 10.3. The van der Waals surface area contributed by atoms with Gasteiger partial charge in [-0.25, -0.2) is 0 Å². The molecule has 0 aromatic carbocycles. The normalized spacial score (nSPS) is 14.5. The summed E-state index contributed by atoms with van der Waals surface area (Å²) in [6.07, 6.45) is 2.41. The van der Waals surface area contributed by atoms with Crippen LogP contribution in [-0.4, -0.2) is 27.3 Å². The summed E-state index contributed by atoms with van der Waals surface area (Å²) in [6, 6.07) is 0. The van der Waals surface area contributed by atoms with E-state index in [1.54, 1.807) is 7.11 Å². The van der Waals surface area contributed by atoms with Crippen LogP contribution in [0.15, 0.2) is 0 Å². The first-order chi connectivity index (χ1) is 6.02. The minimum Gasteiger partial charge on any atom is -0.385 e. The number of hydrogen-bond donors (Lipinski definition) is 1. The van der Waals surface area contributed by atoms with Crippen molar-refractivity contribution < 1.29 is 4.74 Å². The predicted octanol–water partition coefficient (Wildman–Crippen LogP) is 2.29. The Kier molecular flexibility index (Phi) is 6.35. The second kappa shape index (κ2) is 6.39. The fourth-order valence-corrected chi connectivity index (χ4v) is 1.56. The van der Waals surface area contributed by atoms with Crippen molar-refractivity contribution in [2.24, 2.45) is 11.3 Å². The van der Waals surface area contributed by atoms with Gasteiger partial charge in [0.15, 0.2) is 0 Å². The summed E-state index contributed by atoms with van der Waals surface area (Å²) in [5.74, 6) is 0.743. The van der Waals surface area contributed by atoms with Gasteiger partial charge in [0.2, 0.25) is 0 Å². The highest BCUT2D eigenvalue weighted by atomic mass is 16.5. The molecule has 0 rings (SSSR count). The molecule has 13 heavy (non-hydrogen) atoms. The third kappa shape index (κ3) is 6.05. The van der Waals surface area contributed by atoms with Gasteiger partial charge in [-0.15, -0.1) is 0 Å². The number of methoxy groups -OCH3 is 1. The van der Waals surface area contributed by atoms with E-state index in [1.807, 2.05) is 7.05 Å². The first-order valence-corrected chi connectivity index (χ1v) is 5.16. The smallest absolute Gasteiger partial charge is 0.0462 e. The van der Waals surface area contributed by atoms with E-state index < -0.39 is 0 Å². The van der Waals surface area contributed by atoms with E-state index in [2.05, 4.69) is 26.1 Å². The van der Waals surface area contributed by atoms with Gasteiger partial charge in [0.05, 0.1) is 0 Å². The molecule has 0 bridgehead atoms. The fourth-order valence-electron chi connectivity index (χ4n) is 1.56. The molecule has 2 nitrogen and oxygen atoms in total. The number of hydrogen-bond acceptors (Lipinski definition) is 2. The van der Waals surface area contributed by atoms with Crippen LogP contribution in [0.5, 0.6) is 0 Å². The fraction of sp³-hybridized carbons (Fsp3) is 1.00. The van der Waals surface area contributed by atoms with E-state index in [0.29, 0.717) is 5.41 Å². The van der Waals surface area contributed by atoms with Crippen LogP contribution < -0.4 is 5.32 Å². The van der Waals surface area contributed by atoms with E-state index in [4.69, 9.17) is 4.74 Å². The highest BCUT2D eigenvalue weighted by molar-refractivity contribution is 4.75. The van der Waals surface area contributed by atoms with Crippen LogP contribution in [0.1, 0.15) is 33.6 Å². The van der Waals surface area contributed by atoms with Gasteiger partial charge in [-0.3, -0.25) is 0 Å². The van der Waals surface area contributed by atoms with E-state index >= 15 is 0 Å². The lowest BCUT2D eigenvalue weighted by Crippen LogP contribution is -2.30. The van der Waals surface area contributed by atoms with Crippen molar-refractivity contribution in [3.8, 4) is 0 Å². The Morgan fingerprint density at radius 3 is 2.31 bits per heavy atom. The summed E-state index contributed by atoms with van der Waals surface area (Å²) in [6.45, 7) is 8.91. The Balaban J connectivity index is 3.81. The molecule has 0 radical (unpaired) electrons. The van der Waals surface area contributed by atoms with Crippen molar-refractivity contribution in [1.82, 2.24) is 5.32 Å². The number of nitrogens with one attached hydrogen (secondary N) is 1. The van der Waals surface area contributed by atoms with E-state index in [9.17, 15) is 0 Å². The molecule has 0 amide bonds. The summed E-state index contributed by atoms with van der Waals surface area (Å²) in [7, 11) is 3.79. The van der Waals surface area contributed by atoms with Gasteiger partial charge in [0.1, 0.15) is 0 Å². The van der Waals surface area contributed by atoms with Gasteiger partial charge in [-0.2, -0.15) is 0 Å². The van der Waals surface area contributed by atoms with E-state index in [-0.39, 0.29) is 0 Å². The maximum atomic E-state index is 5.06. The SMILES string of the molecule is CNCC(CCCOC)C(C)(C)C. The van der Waals surface area contributed by atoms with Crippen LogP contribution in [0, 0.1) is 11.3 Å². The van der Waals surface area contributed by atoms with Crippen LogP contribution in [-0.2, 0) is 4.74 Å². The van der Waals surface area contributed by atoms with E-state index in [1.165, 1.54) is 12.8 Å². The third-order valence-corrected chi connectivity index (χ3v) is 2.58. The Hall–Kier alpha value is -0.0800. The van der Waals surface area contributed by atoms with Crippen molar-refractivity contribution >= 4 is 0 Å². The molecule has 0 saturated carbocycles. The number of ether oxygens (including phenoxy) is 1. The van der Waals surface area contributed by atoms with E-state index in [0.717, 1.165) is 19.1 Å². The molecule has 0 fully saturated rings. The molecular formula is C11H25NO. The minimum atomic E-state index is 0.400. The molecule has 0 aliphatic rings. The van der Waals surface area contributed by atoms with Crippen molar-refractivity contribution in [2.45, 2.75) is 33.6 Å². The molecule has 80 valence electrons. The van der Waals surface area contributed by atoms with Crippen molar-refractivity contribution in [1.29, 1.82) is 0 Å². The molecule has 0 heterocycles. The monoisotopic (exact) mass is 187 g/mol. The molecule has 0 spiro atoms. The minimum absolute atomic E-state index is 0.400. The lowest BCUT2D eigenvalue weighted by atomic mass is 9.78. The van der Waals surface area contributed by atoms with Gasteiger partial charge in [-0.05, 0) is 37.8 Å². The molecule has 0 aliphatic heterocycles. The van der Waals surface area contributed by atoms with Crippen LogP contribution in [0.4, 0.5) is 0 Å². The average molecular weight is 187 g/mol. The highest BCUT2D eigenvalue weighted by Crippen LogP contribution is 2.28. The quantitative estimate of drug-likeness (QED) is 0.644. The molecule has 1 atom stereocenters. The Morgan fingerprint density at radius 1 is 1.31 bits per heavy atom. The highest BCUT2D eigenvalue weighted by Gasteiger charge is 2.22. The zero-order valence-electron chi connectivity index (χ0n) is 9.81. The maximum absolute atomic E-state index is 5.06. The maximum Gasteiger partial charge on any atom is 0.0462 e. The second-order valence-corrected chi connectivity index (χ2v) is 4.76. The first-order valence-electron chi connectivity index (χ1n) is 5.16. The lowest BCUT2D eigenvalue weighted by Gasteiger charge is -2.30. The molecule has 0 aromatic rings. The van der Waals surface area contributed by atoms with Crippen molar-refractivity contribution in [3.05, 3.63) is 0 Å². The summed E-state index contributed by atoms with van der Waals surface area (Å²) in [5, 5.41) is 3.26. The average Bonchev–Trinajstić information content (AvgIpc) is 2.01. The van der Waals surface area contributed by atoms with Crippen LogP contribution >= 0.6 is 0 Å². The molecule has 0 aliphatic carbocycles. The summed E-state index contributed by atoms with van der Waals surface area (Å²) in [5.41, 5.74) is 0.400. The molecule has 0 saturated heterocycles. The molecule has 0 aromatic heterocycles. The van der Waals surface area contributed by atoms with Gasteiger partial charge >= 0.3 is 0 Å². The topological polar surface area (TPSA) is 21.3 Å². The Labute approximate surface area is 83.1 Å². The summed E-state index contributed by atoms with van der Waals surface area (Å²) < 4.78 is 5.06. The zero-order valence-corrected chi connectivity index (χ0v) is 9.81. The van der Waals surface area contributed by atoms with Crippen LogP contribution in [0.2, 0.25) is 0 Å². The third-order valence-electron chi connectivity index (χ3n) is 2.58. The van der Waals surface area contributed by atoms with Gasteiger partial charge in [-0.1, -0.05) is 20.8 Å². The van der Waals surface area contributed by atoms with Crippen molar-refractivity contribution in [3.63, 3.8) is 0 Å². The lowest BCUT2D eigenvalue weighted by molar-refractivity contribution is 0.162. The first kappa shape index (κ1) is 12.9. The molecular weight excluding hydrogens is 162 g/mol. The van der Waals surface area contributed by atoms with Crippen molar-refractivity contribution in [2.75, 3.05) is 27.3 Å². The Bertz CT molecular complexity index is 118. The molecule has 1 unspecified atom stereocenters. The van der Waals surface area contributed by atoms with Gasteiger partial charge < -0.3 is 10.1 Å². The van der Waals surface area contributed by atoms with Gasteiger partial charge in [0.25, 0.3) is 0 Å². The Morgan fingerprint density at radius 2 is 1.92 bits per heavy atom. The summed E-state index contributed by atoms with van der Waals surface area (Å²) >= 11 is 0. The van der Waals surface area contributed by atoms with Crippen LogP contribution in [0.3, 0.4) is 0 Å². The number of rotatable bonds is 6. The molecule has 2 heteroatoms.